The minimum atomic E-state index is -0.0807. The monoisotopic (exact) mass is 222 g/mol. The van der Waals surface area contributed by atoms with Crippen molar-refractivity contribution in [3.8, 4) is 0 Å². The third-order valence-electron chi connectivity index (χ3n) is 3.04. The van der Waals surface area contributed by atoms with Crippen molar-refractivity contribution in [2.75, 3.05) is 0 Å². The fraction of sp³-hybridized carbons (Fsp3) is 0.0667. The van der Waals surface area contributed by atoms with Crippen LogP contribution in [-0.2, 0) is 4.79 Å². The van der Waals surface area contributed by atoms with Gasteiger partial charge >= 0.3 is 0 Å². The molecule has 0 bridgehead atoms. The molecule has 0 N–H and O–H groups in total. The van der Waals surface area contributed by atoms with E-state index in [0.717, 1.165) is 11.1 Å². The van der Waals surface area contributed by atoms with Gasteiger partial charge in [-0.2, -0.15) is 0 Å². The van der Waals surface area contributed by atoms with E-state index in [0.29, 0.717) is 16.7 Å². The van der Waals surface area contributed by atoms with Crippen LogP contribution < -0.4 is 0 Å². The first kappa shape index (κ1) is 9.97. The molecular weight excluding hydrogens is 212 g/mol. The smallest absolute Gasteiger partial charge is 0.194 e. The molecular formula is C15H10O2. The lowest BCUT2D eigenvalue weighted by Crippen LogP contribution is -2.19. The Morgan fingerprint density at radius 2 is 1.65 bits per heavy atom. The SMILES string of the molecule is CC1=CC(=O)C2=Cc3ccccc3C(=O)C2=C1. The van der Waals surface area contributed by atoms with Crippen molar-refractivity contribution >= 4 is 17.6 Å². The summed E-state index contributed by atoms with van der Waals surface area (Å²) < 4.78 is 0. The van der Waals surface area contributed by atoms with Crippen molar-refractivity contribution in [1.82, 2.24) is 0 Å². The number of rotatable bonds is 0. The number of allylic oxidation sites excluding steroid dienone is 5. The van der Waals surface area contributed by atoms with Crippen molar-refractivity contribution < 1.29 is 9.59 Å². The highest BCUT2D eigenvalue weighted by molar-refractivity contribution is 6.27. The third kappa shape index (κ3) is 1.41. The molecule has 17 heavy (non-hydrogen) atoms. The Balaban J connectivity index is 2.28. The number of fused-ring (bicyclic) bond motifs is 2. The Morgan fingerprint density at radius 3 is 2.47 bits per heavy atom. The summed E-state index contributed by atoms with van der Waals surface area (Å²) in [6.45, 7) is 1.83. The molecule has 0 atom stereocenters. The van der Waals surface area contributed by atoms with Crippen LogP contribution in [0.4, 0.5) is 0 Å². The lowest BCUT2D eigenvalue weighted by atomic mass is 9.81. The van der Waals surface area contributed by atoms with Gasteiger partial charge in [0.1, 0.15) is 0 Å². The van der Waals surface area contributed by atoms with Crippen LogP contribution in [0.3, 0.4) is 0 Å². The number of hydrogen-bond donors (Lipinski definition) is 0. The van der Waals surface area contributed by atoms with Crippen LogP contribution in [0.2, 0.25) is 0 Å². The highest BCUT2D eigenvalue weighted by atomic mass is 16.1. The number of Topliss-reactive ketones (excluding diaryl/α,β-unsaturated/α-hetero) is 1. The van der Waals surface area contributed by atoms with Crippen LogP contribution in [0.15, 0.2) is 53.1 Å². The highest BCUT2D eigenvalue weighted by Gasteiger charge is 2.28. The zero-order valence-electron chi connectivity index (χ0n) is 9.36. The average Bonchev–Trinajstić information content (AvgIpc) is 2.31. The Bertz CT molecular complexity index is 643. The van der Waals surface area contributed by atoms with Gasteiger partial charge in [-0.25, -0.2) is 0 Å². The third-order valence-corrected chi connectivity index (χ3v) is 3.04. The Kier molecular flexibility index (Phi) is 1.99. The molecule has 0 spiro atoms. The molecule has 2 heteroatoms. The van der Waals surface area contributed by atoms with Crippen LogP contribution in [-0.4, -0.2) is 11.6 Å². The molecule has 1 aromatic rings. The minimum Gasteiger partial charge on any atom is -0.289 e. The second-order valence-electron chi connectivity index (χ2n) is 4.29. The quantitative estimate of drug-likeness (QED) is 0.676. The van der Waals surface area contributed by atoms with E-state index in [9.17, 15) is 9.59 Å². The number of benzene rings is 1. The van der Waals surface area contributed by atoms with E-state index in [-0.39, 0.29) is 11.6 Å². The van der Waals surface area contributed by atoms with Crippen molar-refractivity contribution in [2.45, 2.75) is 6.92 Å². The summed E-state index contributed by atoms with van der Waals surface area (Å²) in [7, 11) is 0. The van der Waals surface area contributed by atoms with E-state index in [2.05, 4.69) is 0 Å². The molecule has 0 radical (unpaired) electrons. The topological polar surface area (TPSA) is 34.1 Å². The van der Waals surface area contributed by atoms with E-state index < -0.39 is 0 Å². The van der Waals surface area contributed by atoms with E-state index in [1.807, 2.05) is 25.1 Å². The van der Waals surface area contributed by atoms with Gasteiger partial charge in [-0.15, -0.1) is 0 Å². The predicted molar refractivity (Wildman–Crippen MR) is 65.6 cm³/mol. The van der Waals surface area contributed by atoms with Crippen molar-refractivity contribution in [1.29, 1.82) is 0 Å². The van der Waals surface area contributed by atoms with Gasteiger partial charge in [-0.05, 0) is 36.3 Å². The minimum absolute atomic E-state index is 0.0566. The molecule has 0 heterocycles. The molecule has 2 aliphatic carbocycles. The van der Waals surface area contributed by atoms with Gasteiger partial charge in [0.15, 0.2) is 11.6 Å². The van der Waals surface area contributed by atoms with Crippen molar-refractivity contribution in [3.63, 3.8) is 0 Å². The summed E-state index contributed by atoms with van der Waals surface area (Å²) in [5.41, 5.74) is 3.36. The number of carbonyl (C=O) groups is 2. The number of ketones is 2. The van der Waals surface area contributed by atoms with E-state index in [4.69, 9.17) is 0 Å². The van der Waals surface area contributed by atoms with Crippen LogP contribution in [0.1, 0.15) is 22.8 Å². The maximum absolute atomic E-state index is 12.3. The molecule has 0 saturated carbocycles. The van der Waals surface area contributed by atoms with Gasteiger partial charge in [-0.1, -0.05) is 24.3 Å². The highest BCUT2D eigenvalue weighted by Crippen LogP contribution is 2.32. The van der Waals surface area contributed by atoms with Gasteiger partial charge in [0, 0.05) is 16.7 Å². The second kappa shape index (κ2) is 3.39. The molecule has 0 saturated heterocycles. The summed E-state index contributed by atoms with van der Waals surface area (Å²) >= 11 is 0. The number of carbonyl (C=O) groups excluding carboxylic acids is 2. The Hall–Kier alpha value is -2.22. The Labute approximate surface area is 99.0 Å². The first-order chi connectivity index (χ1) is 8.16. The fourth-order valence-corrected chi connectivity index (χ4v) is 2.23. The normalized spacial score (nSPS) is 17.8. The summed E-state index contributed by atoms with van der Waals surface area (Å²) in [4.78, 5) is 24.1. The average molecular weight is 222 g/mol. The first-order valence-electron chi connectivity index (χ1n) is 5.47. The first-order valence-corrected chi connectivity index (χ1v) is 5.47. The Morgan fingerprint density at radius 1 is 0.882 bits per heavy atom. The van der Waals surface area contributed by atoms with Gasteiger partial charge in [0.2, 0.25) is 0 Å². The number of hydrogen-bond acceptors (Lipinski definition) is 2. The van der Waals surface area contributed by atoms with Gasteiger partial charge < -0.3 is 0 Å². The molecule has 0 unspecified atom stereocenters. The second-order valence-corrected chi connectivity index (χ2v) is 4.29. The summed E-state index contributed by atoms with van der Waals surface area (Å²) in [6.07, 6.45) is 5.15. The van der Waals surface area contributed by atoms with E-state index in [1.165, 1.54) is 0 Å². The molecule has 0 aromatic heterocycles. The maximum Gasteiger partial charge on any atom is 0.194 e. The van der Waals surface area contributed by atoms with Gasteiger partial charge in [-0.3, -0.25) is 9.59 Å². The largest absolute Gasteiger partial charge is 0.289 e. The van der Waals surface area contributed by atoms with Crippen LogP contribution >= 0.6 is 0 Å². The molecule has 0 amide bonds. The van der Waals surface area contributed by atoms with Crippen LogP contribution in [0.25, 0.3) is 6.08 Å². The zero-order valence-corrected chi connectivity index (χ0v) is 9.36. The molecule has 3 rings (SSSR count). The summed E-state index contributed by atoms with van der Waals surface area (Å²) in [5.74, 6) is -0.137. The summed E-state index contributed by atoms with van der Waals surface area (Å²) in [5, 5.41) is 0. The molecule has 1 aromatic carbocycles. The molecule has 0 aliphatic heterocycles. The lowest BCUT2D eigenvalue weighted by molar-refractivity contribution is -0.111. The van der Waals surface area contributed by atoms with Crippen LogP contribution in [0, 0.1) is 0 Å². The molecule has 0 fully saturated rings. The van der Waals surface area contributed by atoms with Gasteiger partial charge in [0.05, 0.1) is 0 Å². The van der Waals surface area contributed by atoms with Crippen molar-refractivity contribution in [2.24, 2.45) is 0 Å². The van der Waals surface area contributed by atoms with Crippen LogP contribution in [0.5, 0.6) is 0 Å². The molecule has 2 nitrogen and oxygen atoms in total. The predicted octanol–water partition coefficient (Wildman–Crippen LogP) is 2.72. The van der Waals surface area contributed by atoms with Crippen molar-refractivity contribution in [3.05, 3.63) is 64.3 Å². The zero-order chi connectivity index (χ0) is 12.0. The molecule has 2 aliphatic rings. The maximum atomic E-state index is 12.3. The molecule has 82 valence electrons. The summed E-state index contributed by atoms with van der Waals surface area (Å²) in [6, 6.07) is 7.36. The lowest BCUT2D eigenvalue weighted by Gasteiger charge is -2.19. The fourth-order valence-electron chi connectivity index (χ4n) is 2.23. The van der Waals surface area contributed by atoms with Gasteiger partial charge in [0.25, 0.3) is 0 Å². The standard InChI is InChI=1S/C15H10O2/c1-9-6-13-12(14(16)7-9)8-10-4-2-3-5-11(10)15(13)17/h2-8H,1H3. The van der Waals surface area contributed by atoms with E-state index >= 15 is 0 Å². The van der Waals surface area contributed by atoms with E-state index in [1.54, 1.807) is 24.3 Å².